The third kappa shape index (κ3) is 4.91. The number of hydrogen-bond donors (Lipinski definition) is 2. The molecule has 1 fully saturated rings. The van der Waals surface area contributed by atoms with Crippen molar-refractivity contribution >= 4 is 7.60 Å². The molecule has 0 radical (unpaired) electrons. The van der Waals surface area contributed by atoms with Crippen molar-refractivity contribution in [1.82, 2.24) is 0 Å². The van der Waals surface area contributed by atoms with Crippen molar-refractivity contribution in [2.45, 2.75) is 24.9 Å². The van der Waals surface area contributed by atoms with E-state index in [1.165, 1.54) is 0 Å². The summed E-state index contributed by atoms with van der Waals surface area (Å²) in [5, 5.41) is 20.1. The van der Waals surface area contributed by atoms with E-state index in [1.807, 2.05) is 36.4 Å². The van der Waals surface area contributed by atoms with E-state index >= 15 is 0 Å². The molecule has 4 atom stereocenters. The molecule has 6 nitrogen and oxygen atoms in total. The van der Waals surface area contributed by atoms with Crippen LogP contribution in [0.1, 0.15) is 5.56 Å². The number of benzene rings is 2. The third-order valence-corrected chi connectivity index (χ3v) is 5.77. The lowest BCUT2D eigenvalue weighted by molar-refractivity contribution is -0.0907. The Labute approximate surface area is 146 Å². The van der Waals surface area contributed by atoms with Crippen LogP contribution >= 0.6 is 7.60 Å². The number of aliphatic hydroxyl groups excluding tert-OH is 2. The van der Waals surface area contributed by atoms with E-state index in [2.05, 4.69) is 0 Å². The monoisotopic (exact) mass is 364 g/mol. The summed E-state index contributed by atoms with van der Waals surface area (Å²) in [6.45, 7) is 0.322. The summed E-state index contributed by atoms with van der Waals surface area (Å²) in [5.74, 6) is 0.387. The number of hydrogen-bond acceptors (Lipinski definition) is 6. The number of rotatable bonds is 6. The molecule has 2 aromatic carbocycles. The summed E-state index contributed by atoms with van der Waals surface area (Å²) in [5.41, 5.74) is 0.970. The van der Waals surface area contributed by atoms with Crippen molar-refractivity contribution < 1.29 is 28.6 Å². The van der Waals surface area contributed by atoms with Crippen molar-refractivity contribution in [3.05, 3.63) is 66.2 Å². The summed E-state index contributed by atoms with van der Waals surface area (Å²) in [4.78, 5) is 0. The highest BCUT2D eigenvalue weighted by atomic mass is 31.2. The van der Waals surface area contributed by atoms with E-state index in [9.17, 15) is 14.8 Å². The highest BCUT2D eigenvalue weighted by molar-refractivity contribution is 7.54. The number of para-hydroxylation sites is 1. The molecule has 1 saturated heterocycles. The van der Waals surface area contributed by atoms with Gasteiger partial charge in [0, 0.05) is 0 Å². The van der Waals surface area contributed by atoms with E-state index < -0.39 is 25.9 Å². The maximum atomic E-state index is 12.8. The van der Waals surface area contributed by atoms with E-state index in [1.54, 1.807) is 24.3 Å². The summed E-state index contributed by atoms with van der Waals surface area (Å²) < 4.78 is 29.3. The van der Waals surface area contributed by atoms with Gasteiger partial charge in [-0.2, -0.15) is 0 Å². The zero-order valence-corrected chi connectivity index (χ0v) is 14.5. The quantitative estimate of drug-likeness (QED) is 0.767. The lowest BCUT2D eigenvalue weighted by Gasteiger charge is -2.36. The highest BCUT2D eigenvalue weighted by Gasteiger charge is 2.45. The Morgan fingerprint density at radius 2 is 1.68 bits per heavy atom. The maximum Gasteiger partial charge on any atom is 0.382 e. The molecule has 7 heteroatoms. The molecule has 0 saturated carbocycles. The number of aliphatic hydroxyl groups is 2. The SMILES string of the molecule is O=[P@@]1(Oc2ccccc2)C[C@@H](O)[C@@H](O)[C@H](COCc2ccccc2)O1. The van der Waals surface area contributed by atoms with Gasteiger partial charge in [-0.25, -0.2) is 4.57 Å². The summed E-state index contributed by atoms with van der Waals surface area (Å²) in [6, 6.07) is 18.1. The van der Waals surface area contributed by atoms with E-state index in [-0.39, 0.29) is 12.8 Å². The Bertz CT molecular complexity index is 708. The van der Waals surface area contributed by atoms with Crippen LogP contribution < -0.4 is 4.52 Å². The van der Waals surface area contributed by atoms with Crippen LogP contribution in [0.25, 0.3) is 0 Å². The molecule has 0 aromatic heterocycles. The van der Waals surface area contributed by atoms with Crippen LogP contribution in [-0.4, -0.2) is 41.3 Å². The average molecular weight is 364 g/mol. The fraction of sp³-hybridized carbons (Fsp3) is 0.333. The predicted molar refractivity (Wildman–Crippen MR) is 92.5 cm³/mol. The molecule has 2 aromatic rings. The lowest BCUT2D eigenvalue weighted by atomic mass is 10.1. The number of ether oxygens (including phenoxy) is 1. The minimum Gasteiger partial charge on any atom is -0.424 e. The summed E-state index contributed by atoms with van der Waals surface area (Å²) >= 11 is 0. The van der Waals surface area contributed by atoms with Crippen molar-refractivity contribution in [2.24, 2.45) is 0 Å². The van der Waals surface area contributed by atoms with Crippen molar-refractivity contribution in [3.63, 3.8) is 0 Å². The first-order valence-electron chi connectivity index (χ1n) is 8.06. The normalized spacial score (nSPS) is 29.3. The van der Waals surface area contributed by atoms with Crippen LogP contribution in [0.4, 0.5) is 0 Å². The standard InChI is InChI=1S/C18H21O6P/c19-16-13-25(21,23-15-9-5-2-6-10-15)24-17(18(16)20)12-22-11-14-7-3-1-4-8-14/h1-10,16-20H,11-13H2/t16-,17+,18-,25-/m1/s1. The van der Waals surface area contributed by atoms with E-state index in [4.69, 9.17) is 13.8 Å². The molecule has 0 amide bonds. The molecule has 1 aliphatic rings. The second-order valence-electron chi connectivity index (χ2n) is 5.90. The van der Waals surface area contributed by atoms with Crippen LogP contribution in [0.5, 0.6) is 5.75 Å². The van der Waals surface area contributed by atoms with Gasteiger partial charge in [-0.3, -0.25) is 4.52 Å². The fourth-order valence-corrected chi connectivity index (χ4v) is 4.51. The summed E-state index contributed by atoms with van der Waals surface area (Å²) in [7, 11) is -3.59. The summed E-state index contributed by atoms with van der Waals surface area (Å²) in [6.07, 6.45) is -3.58. The van der Waals surface area contributed by atoms with Gasteiger partial charge < -0.3 is 19.5 Å². The minimum absolute atomic E-state index is 0.00470. The average Bonchev–Trinajstić information content (AvgIpc) is 2.61. The third-order valence-electron chi connectivity index (χ3n) is 3.86. The van der Waals surface area contributed by atoms with Crippen LogP contribution in [0.3, 0.4) is 0 Å². The lowest BCUT2D eigenvalue weighted by Crippen LogP contribution is -2.47. The van der Waals surface area contributed by atoms with Gasteiger partial charge in [0.15, 0.2) is 0 Å². The minimum atomic E-state index is -3.59. The van der Waals surface area contributed by atoms with Gasteiger partial charge in [0.1, 0.15) is 18.0 Å². The topological polar surface area (TPSA) is 85.2 Å². The van der Waals surface area contributed by atoms with Crippen LogP contribution in [-0.2, 0) is 20.4 Å². The highest BCUT2D eigenvalue weighted by Crippen LogP contribution is 2.53. The molecule has 3 rings (SSSR count). The Hall–Kier alpha value is -1.69. The second-order valence-corrected chi connectivity index (χ2v) is 7.88. The molecule has 134 valence electrons. The van der Waals surface area contributed by atoms with Crippen LogP contribution in [0, 0.1) is 0 Å². The Morgan fingerprint density at radius 3 is 2.36 bits per heavy atom. The van der Waals surface area contributed by atoms with Gasteiger partial charge >= 0.3 is 7.60 Å². The van der Waals surface area contributed by atoms with Crippen molar-refractivity contribution in [3.8, 4) is 5.75 Å². The molecule has 2 N–H and O–H groups in total. The van der Waals surface area contributed by atoms with Gasteiger partial charge in [-0.1, -0.05) is 48.5 Å². The maximum absolute atomic E-state index is 12.8. The predicted octanol–water partition coefficient (Wildman–Crippen LogP) is 2.60. The van der Waals surface area contributed by atoms with Crippen molar-refractivity contribution in [1.29, 1.82) is 0 Å². The van der Waals surface area contributed by atoms with Crippen LogP contribution in [0.2, 0.25) is 0 Å². The molecule has 0 unspecified atom stereocenters. The molecular weight excluding hydrogens is 343 g/mol. The van der Waals surface area contributed by atoms with Gasteiger partial charge in [-0.05, 0) is 17.7 Å². The van der Waals surface area contributed by atoms with Gasteiger partial charge in [0.05, 0.1) is 25.5 Å². The first-order valence-corrected chi connectivity index (χ1v) is 9.78. The van der Waals surface area contributed by atoms with Gasteiger partial charge in [-0.15, -0.1) is 0 Å². The largest absolute Gasteiger partial charge is 0.424 e. The molecule has 0 spiro atoms. The molecule has 25 heavy (non-hydrogen) atoms. The molecular formula is C18H21O6P. The molecule has 1 aliphatic heterocycles. The second kappa shape index (κ2) is 8.13. The Morgan fingerprint density at radius 1 is 1.04 bits per heavy atom. The first-order chi connectivity index (χ1) is 12.1. The molecule has 1 heterocycles. The smallest absolute Gasteiger partial charge is 0.382 e. The Balaban J connectivity index is 1.61. The molecule has 0 bridgehead atoms. The first kappa shape index (κ1) is 18.1. The van der Waals surface area contributed by atoms with Gasteiger partial charge in [0.25, 0.3) is 0 Å². The zero-order valence-electron chi connectivity index (χ0n) is 13.6. The van der Waals surface area contributed by atoms with Gasteiger partial charge in [0.2, 0.25) is 0 Å². The van der Waals surface area contributed by atoms with Crippen LogP contribution in [0.15, 0.2) is 60.7 Å². The van der Waals surface area contributed by atoms with Crippen molar-refractivity contribution in [2.75, 3.05) is 12.8 Å². The fourth-order valence-electron chi connectivity index (χ4n) is 2.59. The zero-order chi connectivity index (χ0) is 17.7. The van der Waals surface area contributed by atoms with E-state index in [0.29, 0.717) is 12.4 Å². The Kier molecular flexibility index (Phi) is 5.89. The molecule has 0 aliphatic carbocycles. The van der Waals surface area contributed by atoms with E-state index in [0.717, 1.165) is 5.56 Å².